The Bertz CT molecular complexity index is 1100. The van der Waals surface area contributed by atoms with Crippen LogP contribution in [0.4, 0.5) is 5.69 Å². The second kappa shape index (κ2) is 6.42. The van der Waals surface area contributed by atoms with E-state index in [1.165, 1.54) is 6.92 Å². The average Bonchev–Trinajstić information content (AvgIpc) is 2.65. The molecule has 4 unspecified atom stereocenters. The smallest absolute Gasteiger partial charge is 0.255 e. The molecule has 0 spiro atoms. The van der Waals surface area contributed by atoms with Crippen LogP contribution in [0.1, 0.15) is 35.7 Å². The lowest BCUT2D eigenvalue weighted by atomic mass is 9.51. The van der Waals surface area contributed by atoms with Gasteiger partial charge in [-0.05, 0) is 13.3 Å². The topological polar surface area (TPSA) is 204 Å². The summed E-state index contributed by atoms with van der Waals surface area (Å²) in [6.07, 6.45) is -2.67. The molecule has 0 aliphatic heterocycles. The Morgan fingerprint density at radius 2 is 1.87 bits per heavy atom. The lowest BCUT2D eigenvalue weighted by Gasteiger charge is -2.56. The number of fused-ring (bicyclic) bond motifs is 3. The van der Waals surface area contributed by atoms with Crippen molar-refractivity contribution >= 4 is 34.8 Å². The minimum Gasteiger partial charge on any atom is -0.508 e. The number of aliphatic hydroxyl groups excluding tert-OH is 2. The van der Waals surface area contributed by atoms with Crippen molar-refractivity contribution in [2.24, 2.45) is 23.5 Å². The summed E-state index contributed by atoms with van der Waals surface area (Å²) >= 11 is 6.02. The van der Waals surface area contributed by atoms with Crippen LogP contribution in [0.3, 0.4) is 0 Å². The second-order valence-electron chi connectivity index (χ2n) is 8.60. The molecule has 3 aliphatic rings. The van der Waals surface area contributed by atoms with Gasteiger partial charge < -0.3 is 37.0 Å². The zero-order chi connectivity index (χ0) is 23.2. The van der Waals surface area contributed by atoms with Crippen LogP contribution in [0.5, 0.6) is 5.75 Å². The lowest BCUT2D eigenvalue weighted by Crippen LogP contribution is -2.67. The van der Waals surface area contributed by atoms with Crippen LogP contribution >= 0.6 is 11.6 Å². The number of amides is 1. The molecular weight excluding hydrogens is 432 g/mol. The third kappa shape index (κ3) is 2.53. The monoisotopic (exact) mass is 452 g/mol. The van der Waals surface area contributed by atoms with E-state index < -0.39 is 76.0 Å². The van der Waals surface area contributed by atoms with Crippen LogP contribution in [0, 0.1) is 17.8 Å². The van der Waals surface area contributed by atoms with Crippen molar-refractivity contribution in [2.45, 2.75) is 37.1 Å². The molecular formula is C20H21ClN2O8. The molecule has 0 bridgehead atoms. The van der Waals surface area contributed by atoms with Gasteiger partial charge in [0, 0.05) is 29.9 Å². The summed E-state index contributed by atoms with van der Waals surface area (Å²) in [6.45, 7) is 1.33. The Morgan fingerprint density at radius 3 is 2.45 bits per heavy atom. The number of hydrogen-bond acceptors (Lipinski definition) is 9. The fraction of sp³-hybridized carbons (Fsp3) is 0.450. The zero-order valence-electron chi connectivity index (χ0n) is 16.3. The first-order chi connectivity index (χ1) is 14.3. The van der Waals surface area contributed by atoms with Gasteiger partial charge in [-0.3, -0.25) is 14.4 Å². The molecule has 1 fully saturated rings. The van der Waals surface area contributed by atoms with Gasteiger partial charge in [0.1, 0.15) is 23.2 Å². The maximum atomic E-state index is 13.3. The standard InChI is InChI=1S/C20H21ClN2O8/c1-19(30)6-2-5-3-8(24)12(18(23)29)17(28)20(5,31)16(27)10(6)15(26)11-9(25)4-7(21)14(22)13(11)19/h4-6,10,16,25,27-28,30-31H,2-3,22H2,1H3,(H2,23,29)/t5?,6?,10?,16?,19-,20+/m1/s1. The normalized spacial score (nSPS) is 37.2. The van der Waals surface area contributed by atoms with Crippen LogP contribution in [-0.2, 0) is 15.2 Å². The first-order valence-electron chi connectivity index (χ1n) is 9.51. The van der Waals surface area contributed by atoms with E-state index in [9.17, 15) is 39.9 Å². The number of anilines is 1. The van der Waals surface area contributed by atoms with E-state index in [0.717, 1.165) is 6.07 Å². The Balaban J connectivity index is 1.96. The minimum absolute atomic E-state index is 0.0878. The zero-order valence-corrected chi connectivity index (χ0v) is 17.1. The number of aliphatic hydroxyl groups is 4. The molecule has 1 saturated carbocycles. The van der Waals surface area contributed by atoms with Crippen molar-refractivity contribution in [3.63, 3.8) is 0 Å². The predicted molar refractivity (Wildman–Crippen MR) is 106 cm³/mol. The number of halogens is 1. The Kier molecular flexibility index (Phi) is 4.47. The number of nitrogen functional groups attached to an aromatic ring is 1. The van der Waals surface area contributed by atoms with E-state index >= 15 is 0 Å². The maximum Gasteiger partial charge on any atom is 0.255 e. The molecule has 9 N–H and O–H groups in total. The first-order valence-corrected chi connectivity index (χ1v) is 9.89. The fourth-order valence-corrected chi connectivity index (χ4v) is 5.74. The quantitative estimate of drug-likeness (QED) is 0.168. The number of phenols is 1. The highest BCUT2D eigenvalue weighted by Gasteiger charge is 2.66. The SMILES string of the molecule is C[C@]1(O)c2c(N)c(Cl)cc(O)c2C(=O)C2C(O)[C@]3(O)C(O)=C(C(N)=O)C(=O)CC3CC21. The molecule has 1 aromatic carbocycles. The minimum atomic E-state index is -2.53. The molecule has 6 atom stereocenters. The highest BCUT2D eigenvalue weighted by molar-refractivity contribution is 6.34. The van der Waals surface area contributed by atoms with Crippen molar-refractivity contribution in [1.82, 2.24) is 0 Å². The van der Waals surface area contributed by atoms with E-state index in [0.29, 0.717) is 0 Å². The molecule has 0 heterocycles. The molecule has 11 heteroatoms. The summed E-state index contributed by atoms with van der Waals surface area (Å²) in [4.78, 5) is 37.4. The summed E-state index contributed by atoms with van der Waals surface area (Å²) in [5.41, 5.74) is 5.29. The Hall–Kier alpha value is -2.66. The number of aromatic hydroxyl groups is 1. The molecule has 0 aromatic heterocycles. The molecule has 31 heavy (non-hydrogen) atoms. The van der Waals surface area contributed by atoms with Crippen molar-refractivity contribution < 1.29 is 39.9 Å². The predicted octanol–water partition coefficient (Wildman–Crippen LogP) is -0.354. The highest BCUT2D eigenvalue weighted by Crippen LogP contribution is 2.58. The van der Waals surface area contributed by atoms with Crippen LogP contribution in [0.15, 0.2) is 17.4 Å². The summed E-state index contributed by atoms with van der Waals surface area (Å²) in [5, 5.41) is 54.6. The number of rotatable bonds is 1. The molecule has 0 radical (unpaired) electrons. The van der Waals surface area contributed by atoms with Crippen molar-refractivity contribution in [3.8, 4) is 5.75 Å². The Labute approximate surface area is 180 Å². The third-order valence-electron chi connectivity index (χ3n) is 7.03. The van der Waals surface area contributed by atoms with Gasteiger partial charge in [0.2, 0.25) is 0 Å². The maximum absolute atomic E-state index is 13.3. The molecule has 10 nitrogen and oxygen atoms in total. The lowest BCUT2D eigenvalue weighted by molar-refractivity contribution is -0.195. The summed E-state index contributed by atoms with van der Waals surface area (Å²) in [7, 11) is 0. The number of primary amides is 1. The van der Waals surface area contributed by atoms with Gasteiger partial charge in [0.05, 0.1) is 27.8 Å². The highest BCUT2D eigenvalue weighted by atomic mass is 35.5. The van der Waals surface area contributed by atoms with Gasteiger partial charge in [-0.15, -0.1) is 0 Å². The number of phenolic OH excluding ortho intramolecular Hbond substituents is 1. The van der Waals surface area contributed by atoms with E-state index in [1.54, 1.807) is 0 Å². The van der Waals surface area contributed by atoms with Gasteiger partial charge >= 0.3 is 0 Å². The van der Waals surface area contributed by atoms with Crippen LogP contribution in [-0.4, -0.2) is 54.7 Å². The second-order valence-corrected chi connectivity index (χ2v) is 9.01. The van der Waals surface area contributed by atoms with Crippen LogP contribution in [0.25, 0.3) is 0 Å². The number of benzene rings is 1. The third-order valence-corrected chi connectivity index (χ3v) is 7.34. The van der Waals surface area contributed by atoms with Crippen molar-refractivity contribution in [3.05, 3.63) is 33.5 Å². The number of nitrogens with two attached hydrogens (primary N) is 2. The molecule has 4 rings (SSSR count). The van der Waals surface area contributed by atoms with Gasteiger partial charge in [-0.2, -0.15) is 0 Å². The molecule has 0 saturated heterocycles. The van der Waals surface area contributed by atoms with E-state index in [2.05, 4.69) is 0 Å². The molecule has 1 aromatic rings. The number of carbonyl (C=O) groups excluding carboxylic acids is 3. The number of carbonyl (C=O) groups is 3. The molecule has 3 aliphatic carbocycles. The van der Waals surface area contributed by atoms with Gasteiger partial charge in [-0.1, -0.05) is 11.6 Å². The summed E-state index contributed by atoms with van der Waals surface area (Å²) in [6, 6.07) is 1.03. The van der Waals surface area contributed by atoms with E-state index in [1.807, 2.05) is 0 Å². The van der Waals surface area contributed by atoms with E-state index in [4.69, 9.17) is 23.1 Å². The number of Topliss-reactive ketones (excluding diaryl/α,β-unsaturated/α-hetero) is 2. The van der Waals surface area contributed by atoms with Crippen molar-refractivity contribution in [1.29, 1.82) is 0 Å². The van der Waals surface area contributed by atoms with Crippen molar-refractivity contribution in [2.75, 3.05) is 5.73 Å². The molecule has 1 amide bonds. The van der Waals surface area contributed by atoms with Crippen LogP contribution in [0.2, 0.25) is 5.02 Å². The fourth-order valence-electron chi connectivity index (χ4n) is 5.54. The summed E-state index contributed by atoms with van der Waals surface area (Å²) < 4.78 is 0. The van der Waals surface area contributed by atoms with Gasteiger partial charge in [0.15, 0.2) is 17.2 Å². The Morgan fingerprint density at radius 1 is 1.26 bits per heavy atom. The number of ketones is 2. The first kappa shape index (κ1) is 21.6. The largest absolute Gasteiger partial charge is 0.508 e. The van der Waals surface area contributed by atoms with Gasteiger partial charge in [0.25, 0.3) is 5.91 Å². The van der Waals surface area contributed by atoms with E-state index in [-0.39, 0.29) is 28.3 Å². The van der Waals surface area contributed by atoms with Crippen LogP contribution < -0.4 is 11.5 Å². The van der Waals surface area contributed by atoms with Gasteiger partial charge in [-0.25, -0.2) is 0 Å². The number of hydrogen-bond donors (Lipinski definition) is 7. The summed E-state index contributed by atoms with van der Waals surface area (Å²) in [5.74, 6) is -8.31. The molecule has 166 valence electrons. The average molecular weight is 453 g/mol.